The summed E-state index contributed by atoms with van der Waals surface area (Å²) in [5.74, 6) is -1.98. The summed E-state index contributed by atoms with van der Waals surface area (Å²) in [6.07, 6.45) is -9.83. The molecular formula is C36H44FN3O11. The third-order valence-corrected chi connectivity index (χ3v) is 8.87. The lowest BCUT2D eigenvalue weighted by Crippen LogP contribution is -2.55. The van der Waals surface area contributed by atoms with E-state index in [1.54, 1.807) is 48.4 Å². The van der Waals surface area contributed by atoms with Crippen molar-refractivity contribution in [3.8, 4) is 5.75 Å². The first kappa shape index (κ1) is 39.3. The lowest BCUT2D eigenvalue weighted by Gasteiger charge is -2.48. The van der Waals surface area contributed by atoms with Gasteiger partial charge in [-0.25, -0.2) is 4.39 Å². The van der Waals surface area contributed by atoms with Gasteiger partial charge in [0.2, 0.25) is 17.7 Å². The Bertz CT molecular complexity index is 1590. The van der Waals surface area contributed by atoms with Crippen LogP contribution in [0.1, 0.15) is 48.1 Å². The van der Waals surface area contributed by atoms with Crippen LogP contribution in [0.15, 0.2) is 72.8 Å². The highest BCUT2D eigenvalue weighted by Gasteiger charge is 2.48. The van der Waals surface area contributed by atoms with Crippen molar-refractivity contribution in [2.45, 2.75) is 68.5 Å². The summed E-state index contributed by atoms with van der Waals surface area (Å²) < 4.78 is 18.6. The van der Waals surface area contributed by atoms with Crippen molar-refractivity contribution in [1.29, 1.82) is 0 Å². The molecule has 1 heterocycles. The Morgan fingerprint density at radius 1 is 0.863 bits per heavy atom. The molecule has 9 N–H and O–H groups in total. The molecule has 3 aromatic carbocycles. The van der Waals surface area contributed by atoms with Crippen molar-refractivity contribution < 1.29 is 59.3 Å². The average Bonchev–Trinajstić information content (AvgIpc) is 3.14. The van der Waals surface area contributed by atoms with Crippen molar-refractivity contribution in [3.63, 3.8) is 0 Å². The Morgan fingerprint density at radius 3 is 2.10 bits per heavy atom. The molecule has 1 saturated heterocycles. The molecule has 15 heteroatoms. The van der Waals surface area contributed by atoms with Gasteiger partial charge in [-0.15, -0.1) is 0 Å². The van der Waals surface area contributed by atoms with Crippen LogP contribution in [0, 0.1) is 11.7 Å². The minimum Gasteiger partial charge on any atom is -0.497 e. The molecule has 0 radical (unpaired) electrons. The third-order valence-electron chi connectivity index (χ3n) is 8.87. The quantitative estimate of drug-likeness (QED) is 0.0796. The Labute approximate surface area is 293 Å². The first-order valence-electron chi connectivity index (χ1n) is 16.4. The van der Waals surface area contributed by atoms with E-state index >= 15 is 0 Å². The summed E-state index contributed by atoms with van der Waals surface area (Å²) in [4.78, 5) is 39.8. The van der Waals surface area contributed by atoms with Crippen LogP contribution in [0.4, 0.5) is 10.1 Å². The number of nitrogens with zero attached hydrogens (tertiary/aromatic N) is 1. The largest absolute Gasteiger partial charge is 0.497 e. The highest BCUT2D eigenvalue weighted by atomic mass is 19.1. The van der Waals surface area contributed by atoms with Gasteiger partial charge in [-0.3, -0.25) is 14.4 Å². The van der Waals surface area contributed by atoms with Gasteiger partial charge in [0.25, 0.3) is 0 Å². The average molecular weight is 714 g/mol. The molecule has 0 aromatic heterocycles. The Balaban J connectivity index is 1.32. The zero-order valence-corrected chi connectivity index (χ0v) is 27.9. The number of rotatable bonds is 18. The van der Waals surface area contributed by atoms with E-state index in [0.717, 1.165) is 5.56 Å². The van der Waals surface area contributed by atoms with Gasteiger partial charge in [-0.05, 0) is 65.9 Å². The van der Waals surface area contributed by atoms with E-state index in [-0.39, 0.29) is 18.5 Å². The minimum absolute atomic E-state index is 0.0448. The summed E-state index contributed by atoms with van der Waals surface area (Å²) in [6.45, 7) is -1.44. The maximum atomic E-state index is 13.5. The van der Waals surface area contributed by atoms with E-state index in [1.807, 2.05) is 12.1 Å². The standard InChI is InChI=1S/C36H44FN3O11/c1-51-25-12-6-22(7-13-25)32-26(14-15-27(42)21-4-8-23(37)9-5-21)36(50)40(32)24-10-2-20(3-11-24)17-38-31(46)16-28(43)35(49)39-18-29(44)33(47)34(48)30(45)19-41/h2-13,26-30,32-34,41-45,47-48H,14-19H2,1H3,(H,38,46)(H,39,49)/t26-,27+,28+,29+,30-,32-,33-,34-/m1/s1. The first-order valence-corrected chi connectivity index (χ1v) is 16.4. The number of ether oxygens (including phenoxy) is 1. The summed E-state index contributed by atoms with van der Waals surface area (Å²) in [5, 5.41) is 73.2. The van der Waals surface area contributed by atoms with E-state index in [9.17, 15) is 49.4 Å². The van der Waals surface area contributed by atoms with Gasteiger partial charge in [-0.1, -0.05) is 36.4 Å². The number of anilines is 1. The van der Waals surface area contributed by atoms with Gasteiger partial charge in [0.05, 0.1) is 44.3 Å². The number of hydrogen-bond donors (Lipinski definition) is 9. The summed E-state index contributed by atoms with van der Waals surface area (Å²) >= 11 is 0. The van der Waals surface area contributed by atoms with E-state index < -0.39 is 79.7 Å². The fourth-order valence-electron chi connectivity index (χ4n) is 5.81. The number of carbonyl (C=O) groups excluding carboxylic acids is 3. The fourth-order valence-corrected chi connectivity index (χ4v) is 5.81. The van der Waals surface area contributed by atoms with E-state index in [4.69, 9.17) is 9.84 Å². The molecule has 0 bridgehead atoms. The van der Waals surface area contributed by atoms with Crippen molar-refractivity contribution in [1.82, 2.24) is 10.6 Å². The Kier molecular flexibility index (Phi) is 14.0. The van der Waals surface area contributed by atoms with Crippen molar-refractivity contribution in [2.75, 3.05) is 25.2 Å². The predicted molar refractivity (Wildman–Crippen MR) is 180 cm³/mol. The normalized spacial score (nSPS) is 19.2. The van der Waals surface area contributed by atoms with E-state index in [0.29, 0.717) is 35.4 Å². The number of aliphatic hydroxyl groups is 7. The summed E-state index contributed by atoms with van der Waals surface area (Å²) in [5.41, 5.74) is 2.72. The molecule has 51 heavy (non-hydrogen) atoms. The lowest BCUT2D eigenvalue weighted by molar-refractivity contribution is -0.136. The van der Waals surface area contributed by atoms with Crippen molar-refractivity contribution in [3.05, 3.63) is 95.3 Å². The molecule has 3 aromatic rings. The Hall–Kier alpha value is -4.48. The highest BCUT2D eigenvalue weighted by Crippen LogP contribution is 2.46. The molecule has 1 aliphatic heterocycles. The SMILES string of the molecule is COc1ccc([C@@H]2[C@@H](CC[C@H](O)c3ccc(F)cc3)C(=O)N2c2ccc(CNC(=O)C[C@H](O)C(=O)NC[C@H](O)[C@@H](O)[C@H](O)[C@H](O)CO)cc2)cc1. The lowest BCUT2D eigenvalue weighted by atomic mass is 9.78. The number of methoxy groups -OCH3 is 1. The van der Waals surface area contributed by atoms with Crippen LogP contribution in [-0.4, -0.2) is 104 Å². The van der Waals surface area contributed by atoms with Gasteiger partial charge < -0.3 is 56.0 Å². The van der Waals surface area contributed by atoms with Crippen molar-refractivity contribution >= 4 is 23.4 Å². The second kappa shape index (κ2) is 18.1. The number of halogens is 1. The smallest absolute Gasteiger partial charge is 0.249 e. The minimum atomic E-state index is -1.90. The molecule has 8 atom stereocenters. The monoisotopic (exact) mass is 713 g/mol. The molecule has 0 aliphatic carbocycles. The third kappa shape index (κ3) is 10.1. The second-order valence-electron chi connectivity index (χ2n) is 12.4. The molecule has 1 fully saturated rings. The first-order chi connectivity index (χ1) is 24.3. The van der Waals surface area contributed by atoms with Crippen LogP contribution in [0.3, 0.4) is 0 Å². The molecule has 4 rings (SSSR count). The van der Waals surface area contributed by atoms with Crippen LogP contribution in [0.5, 0.6) is 5.75 Å². The van der Waals surface area contributed by atoms with Crippen LogP contribution in [0.2, 0.25) is 0 Å². The number of hydrogen-bond acceptors (Lipinski definition) is 11. The van der Waals surface area contributed by atoms with Gasteiger partial charge in [0.15, 0.2) is 0 Å². The van der Waals surface area contributed by atoms with E-state index in [2.05, 4.69) is 10.6 Å². The summed E-state index contributed by atoms with van der Waals surface area (Å²) in [6, 6.07) is 19.5. The number of carbonyl (C=O) groups is 3. The molecule has 0 saturated carbocycles. The number of nitrogens with one attached hydrogen (secondary N) is 2. The molecule has 0 unspecified atom stereocenters. The van der Waals surface area contributed by atoms with Gasteiger partial charge >= 0.3 is 0 Å². The zero-order chi connectivity index (χ0) is 37.2. The fraction of sp³-hybridized carbons (Fsp3) is 0.417. The van der Waals surface area contributed by atoms with Crippen LogP contribution >= 0.6 is 0 Å². The summed E-state index contributed by atoms with van der Waals surface area (Å²) in [7, 11) is 1.56. The van der Waals surface area contributed by atoms with Gasteiger partial charge in [-0.2, -0.15) is 0 Å². The van der Waals surface area contributed by atoms with Crippen LogP contribution in [-0.2, 0) is 20.9 Å². The molecule has 3 amide bonds. The molecule has 0 spiro atoms. The van der Waals surface area contributed by atoms with Gasteiger partial charge in [0, 0.05) is 18.8 Å². The maximum Gasteiger partial charge on any atom is 0.249 e. The number of β-lactam (4-membered cyclic amide) rings is 1. The Morgan fingerprint density at radius 2 is 1.49 bits per heavy atom. The topological polar surface area (TPSA) is 229 Å². The van der Waals surface area contributed by atoms with Crippen LogP contribution < -0.4 is 20.3 Å². The number of benzene rings is 3. The molecule has 276 valence electrons. The second-order valence-corrected chi connectivity index (χ2v) is 12.4. The predicted octanol–water partition coefficient (Wildman–Crippen LogP) is -0.0285. The molecule has 14 nitrogen and oxygen atoms in total. The zero-order valence-electron chi connectivity index (χ0n) is 27.9. The maximum absolute atomic E-state index is 13.5. The van der Waals surface area contributed by atoms with E-state index in [1.165, 1.54) is 24.3 Å². The highest BCUT2D eigenvalue weighted by molar-refractivity contribution is 6.03. The number of amides is 3. The number of aliphatic hydroxyl groups excluding tert-OH is 7. The molecule has 1 aliphatic rings. The van der Waals surface area contributed by atoms with Crippen molar-refractivity contribution in [2.24, 2.45) is 5.92 Å². The molecular weight excluding hydrogens is 669 g/mol. The van der Waals surface area contributed by atoms with Gasteiger partial charge in [0.1, 0.15) is 36.0 Å². The van der Waals surface area contributed by atoms with Crippen LogP contribution in [0.25, 0.3) is 0 Å².